The number of aliphatic hydroxyl groups excluding tert-OH is 1. The lowest BCUT2D eigenvalue weighted by Gasteiger charge is -2.09. The highest BCUT2D eigenvalue weighted by Crippen LogP contribution is 2.20. The van der Waals surface area contributed by atoms with Crippen LogP contribution in [0.4, 0.5) is 4.39 Å². The van der Waals surface area contributed by atoms with Gasteiger partial charge in [0.05, 0.1) is 6.61 Å². The van der Waals surface area contributed by atoms with Crippen LogP contribution in [0.3, 0.4) is 0 Å². The molecule has 1 rings (SSSR count). The summed E-state index contributed by atoms with van der Waals surface area (Å²) in [4.78, 5) is 11.6. The van der Waals surface area contributed by atoms with Crippen LogP contribution < -0.4 is 4.74 Å². The highest BCUT2D eigenvalue weighted by atomic mass is 19.1. The number of hydrogen-bond acceptors (Lipinski definition) is 3. The molecule has 3 nitrogen and oxygen atoms in total. The van der Waals surface area contributed by atoms with Crippen LogP contribution >= 0.6 is 0 Å². The van der Waals surface area contributed by atoms with E-state index < -0.39 is 5.82 Å². The first-order valence-corrected chi connectivity index (χ1v) is 6.09. The van der Waals surface area contributed by atoms with Crippen LogP contribution in [0.25, 0.3) is 0 Å². The zero-order valence-electron chi connectivity index (χ0n) is 10.8. The van der Waals surface area contributed by atoms with Gasteiger partial charge in [0.2, 0.25) is 0 Å². The summed E-state index contributed by atoms with van der Waals surface area (Å²) in [6.45, 7) is 3.94. The van der Waals surface area contributed by atoms with E-state index in [1.54, 1.807) is 12.1 Å². The first kappa shape index (κ1) is 14.6. The van der Waals surface area contributed by atoms with Crippen molar-refractivity contribution in [1.82, 2.24) is 0 Å². The molecule has 0 radical (unpaired) electrons. The van der Waals surface area contributed by atoms with Crippen LogP contribution in [0.2, 0.25) is 0 Å². The molecule has 0 spiro atoms. The Bertz CT molecular complexity index is 402. The van der Waals surface area contributed by atoms with Crippen molar-refractivity contribution in [1.29, 1.82) is 0 Å². The molecule has 0 amide bonds. The van der Waals surface area contributed by atoms with Gasteiger partial charge in [-0.05, 0) is 17.7 Å². The third kappa shape index (κ3) is 4.45. The van der Waals surface area contributed by atoms with Gasteiger partial charge in [-0.3, -0.25) is 4.79 Å². The molecule has 1 aromatic carbocycles. The van der Waals surface area contributed by atoms with Gasteiger partial charge in [-0.1, -0.05) is 19.9 Å². The van der Waals surface area contributed by atoms with E-state index in [9.17, 15) is 9.18 Å². The summed E-state index contributed by atoms with van der Waals surface area (Å²) in [5.41, 5.74) is 0.745. The Morgan fingerprint density at radius 2 is 2.17 bits per heavy atom. The van der Waals surface area contributed by atoms with Crippen molar-refractivity contribution in [3.8, 4) is 5.75 Å². The van der Waals surface area contributed by atoms with E-state index in [0.717, 1.165) is 5.56 Å². The number of aliphatic hydroxyl groups is 1. The summed E-state index contributed by atoms with van der Waals surface area (Å²) in [6, 6.07) is 4.44. The minimum absolute atomic E-state index is 0.00709. The Labute approximate surface area is 107 Å². The third-order valence-corrected chi connectivity index (χ3v) is 2.58. The second kappa shape index (κ2) is 7.11. The van der Waals surface area contributed by atoms with Gasteiger partial charge in [0.15, 0.2) is 11.6 Å². The minimum atomic E-state index is -0.450. The number of rotatable bonds is 7. The summed E-state index contributed by atoms with van der Waals surface area (Å²) in [5, 5.41) is 8.63. The maximum atomic E-state index is 13.4. The van der Waals surface area contributed by atoms with Crippen molar-refractivity contribution >= 4 is 5.78 Å². The molecule has 0 unspecified atom stereocenters. The van der Waals surface area contributed by atoms with Crippen LogP contribution in [0.15, 0.2) is 18.2 Å². The Morgan fingerprint density at radius 3 is 2.78 bits per heavy atom. The average Bonchev–Trinajstić information content (AvgIpc) is 2.33. The Balaban J connectivity index is 2.71. The lowest BCUT2D eigenvalue weighted by atomic mass is 10.0. The average molecular weight is 254 g/mol. The Morgan fingerprint density at radius 1 is 1.44 bits per heavy atom. The maximum absolute atomic E-state index is 13.4. The fraction of sp³-hybridized carbons (Fsp3) is 0.500. The standard InChI is InChI=1S/C14H19FO3/c1-10(2)13(17)8-11-4-5-12(15)14(9-11)18-7-3-6-16/h4-5,9-10,16H,3,6-8H2,1-2H3. The number of ketones is 1. The quantitative estimate of drug-likeness (QED) is 0.760. The molecule has 0 aromatic heterocycles. The summed E-state index contributed by atoms with van der Waals surface area (Å²) in [7, 11) is 0. The van der Waals surface area contributed by atoms with Crippen molar-refractivity contribution in [3.63, 3.8) is 0 Å². The molecule has 4 heteroatoms. The zero-order valence-corrected chi connectivity index (χ0v) is 10.8. The lowest BCUT2D eigenvalue weighted by Crippen LogP contribution is -2.10. The number of benzene rings is 1. The maximum Gasteiger partial charge on any atom is 0.165 e. The highest BCUT2D eigenvalue weighted by Gasteiger charge is 2.11. The number of hydrogen-bond donors (Lipinski definition) is 1. The van der Waals surface area contributed by atoms with Crippen LogP contribution in [-0.4, -0.2) is 24.1 Å². The fourth-order valence-electron chi connectivity index (χ4n) is 1.42. The molecule has 0 atom stereocenters. The van der Waals surface area contributed by atoms with Crippen molar-refractivity contribution in [2.24, 2.45) is 5.92 Å². The molecule has 0 aliphatic rings. The van der Waals surface area contributed by atoms with Gasteiger partial charge in [0.1, 0.15) is 5.78 Å². The van der Waals surface area contributed by atoms with Crippen molar-refractivity contribution in [3.05, 3.63) is 29.6 Å². The summed E-state index contributed by atoms with van der Waals surface area (Å²) < 4.78 is 18.6. The third-order valence-electron chi connectivity index (χ3n) is 2.58. The summed E-state index contributed by atoms with van der Waals surface area (Å²) in [6.07, 6.45) is 0.739. The normalized spacial score (nSPS) is 10.7. The van der Waals surface area contributed by atoms with Gasteiger partial charge in [-0.2, -0.15) is 0 Å². The largest absolute Gasteiger partial charge is 0.490 e. The van der Waals surface area contributed by atoms with Crippen molar-refractivity contribution < 1.29 is 19.0 Å². The van der Waals surface area contributed by atoms with Crippen molar-refractivity contribution in [2.45, 2.75) is 26.7 Å². The molecule has 1 aromatic rings. The number of ether oxygens (including phenoxy) is 1. The van der Waals surface area contributed by atoms with Crippen LogP contribution in [0, 0.1) is 11.7 Å². The summed E-state index contributed by atoms with van der Waals surface area (Å²) in [5.74, 6) is -0.233. The molecular formula is C14H19FO3. The SMILES string of the molecule is CC(C)C(=O)Cc1ccc(F)c(OCCCO)c1. The second-order valence-electron chi connectivity index (χ2n) is 4.49. The molecule has 1 N–H and O–H groups in total. The first-order valence-electron chi connectivity index (χ1n) is 6.09. The molecule has 0 saturated carbocycles. The van der Waals surface area contributed by atoms with Gasteiger partial charge in [0.25, 0.3) is 0 Å². The lowest BCUT2D eigenvalue weighted by molar-refractivity contribution is -0.121. The van der Waals surface area contributed by atoms with Crippen LogP contribution in [0.1, 0.15) is 25.8 Å². The van der Waals surface area contributed by atoms with E-state index >= 15 is 0 Å². The first-order chi connectivity index (χ1) is 8.54. The van der Waals surface area contributed by atoms with E-state index in [-0.39, 0.29) is 37.1 Å². The Hall–Kier alpha value is -1.42. The molecule has 0 heterocycles. The zero-order chi connectivity index (χ0) is 13.5. The minimum Gasteiger partial charge on any atom is -0.490 e. The molecule has 0 aliphatic carbocycles. The smallest absolute Gasteiger partial charge is 0.165 e. The van der Waals surface area contributed by atoms with E-state index in [1.165, 1.54) is 6.07 Å². The second-order valence-corrected chi connectivity index (χ2v) is 4.49. The molecular weight excluding hydrogens is 235 g/mol. The number of halogens is 1. The van der Waals surface area contributed by atoms with Crippen LogP contribution in [0.5, 0.6) is 5.75 Å². The van der Waals surface area contributed by atoms with Gasteiger partial charge in [0, 0.05) is 25.4 Å². The summed E-state index contributed by atoms with van der Waals surface area (Å²) >= 11 is 0. The topological polar surface area (TPSA) is 46.5 Å². The molecule has 100 valence electrons. The molecule has 0 saturated heterocycles. The van der Waals surface area contributed by atoms with Gasteiger partial charge in [-0.15, -0.1) is 0 Å². The van der Waals surface area contributed by atoms with Gasteiger partial charge in [-0.25, -0.2) is 4.39 Å². The fourth-order valence-corrected chi connectivity index (χ4v) is 1.42. The Kier molecular flexibility index (Phi) is 5.78. The van der Waals surface area contributed by atoms with Crippen LogP contribution in [-0.2, 0) is 11.2 Å². The monoisotopic (exact) mass is 254 g/mol. The van der Waals surface area contributed by atoms with Gasteiger partial charge >= 0.3 is 0 Å². The van der Waals surface area contributed by atoms with E-state index in [0.29, 0.717) is 6.42 Å². The molecule has 0 fully saturated rings. The highest BCUT2D eigenvalue weighted by molar-refractivity contribution is 5.82. The van der Waals surface area contributed by atoms with E-state index in [4.69, 9.17) is 9.84 Å². The number of Topliss-reactive ketones (excluding diaryl/α,β-unsaturated/α-hetero) is 1. The number of carbonyl (C=O) groups is 1. The molecule has 0 bridgehead atoms. The van der Waals surface area contributed by atoms with E-state index in [1.807, 2.05) is 13.8 Å². The number of carbonyl (C=O) groups excluding carboxylic acids is 1. The predicted octanol–water partition coefficient (Wildman–Crippen LogP) is 2.35. The molecule has 0 aliphatic heterocycles. The molecule has 18 heavy (non-hydrogen) atoms. The predicted molar refractivity (Wildman–Crippen MR) is 67.1 cm³/mol. The van der Waals surface area contributed by atoms with E-state index in [2.05, 4.69) is 0 Å². The van der Waals surface area contributed by atoms with Crippen molar-refractivity contribution in [2.75, 3.05) is 13.2 Å². The van der Waals surface area contributed by atoms with Gasteiger partial charge < -0.3 is 9.84 Å².